The number of nitrogens with zero attached hydrogens (tertiary/aromatic N) is 4. The van der Waals surface area contributed by atoms with Gasteiger partial charge in [-0.3, -0.25) is 9.59 Å². The van der Waals surface area contributed by atoms with Crippen molar-refractivity contribution in [3.05, 3.63) is 108 Å². The molecule has 0 saturated carbocycles. The molecule has 13 heteroatoms. The monoisotopic (exact) mass is 633 g/mol. The van der Waals surface area contributed by atoms with Crippen molar-refractivity contribution < 1.29 is 36.6 Å². The van der Waals surface area contributed by atoms with Crippen molar-refractivity contribution in [3.8, 4) is 16.9 Å². The zero-order chi connectivity index (χ0) is 32.3. The lowest BCUT2D eigenvalue weighted by Crippen LogP contribution is -2.40. The van der Waals surface area contributed by atoms with Crippen molar-refractivity contribution in [2.24, 2.45) is 0 Å². The Morgan fingerprint density at radius 3 is 2.20 bits per heavy atom. The smallest absolute Gasteiger partial charge is 0.404 e. The van der Waals surface area contributed by atoms with Crippen molar-refractivity contribution >= 4 is 29.0 Å². The van der Waals surface area contributed by atoms with Crippen LogP contribution in [-0.2, 0) is 22.4 Å². The number of ketones is 1. The first-order valence-electron chi connectivity index (χ1n) is 14.4. The van der Waals surface area contributed by atoms with E-state index in [0.29, 0.717) is 32.0 Å². The molecule has 9 nitrogen and oxygen atoms in total. The lowest BCUT2D eigenvalue weighted by Gasteiger charge is -2.27. The molecular weight excluding hydrogens is 606 g/mol. The second kappa shape index (κ2) is 13.0. The highest BCUT2D eigenvalue weighted by Gasteiger charge is 2.33. The van der Waals surface area contributed by atoms with Crippen LogP contribution in [0, 0.1) is 5.82 Å². The Morgan fingerprint density at radius 2 is 1.52 bits per heavy atom. The zero-order valence-electron chi connectivity index (χ0n) is 24.3. The van der Waals surface area contributed by atoms with Crippen molar-refractivity contribution in [2.45, 2.75) is 19.2 Å². The number of alkyl halides is 3. The fourth-order valence-corrected chi connectivity index (χ4v) is 5.08. The molecule has 46 heavy (non-hydrogen) atoms. The molecule has 0 bridgehead atoms. The van der Waals surface area contributed by atoms with Crippen LogP contribution in [0.3, 0.4) is 0 Å². The van der Waals surface area contributed by atoms with E-state index < -0.39 is 18.0 Å². The lowest BCUT2D eigenvalue weighted by atomic mass is 10.0. The van der Waals surface area contributed by atoms with Gasteiger partial charge in [-0.1, -0.05) is 36.4 Å². The summed E-state index contributed by atoms with van der Waals surface area (Å²) in [6.07, 6.45) is -2.83. The molecule has 1 fully saturated rings. The Hall–Kier alpha value is -5.30. The number of halogens is 4. The van der Waals surface area contributed by atoms with Crippen molar-refractivity contribution in [2.75, 3.05) is 31.6 Å². The number of pyridine rings is 1. The Labute approximate surface area is 260 Å². The van der Waals surface area contributed by atoms with Gasteiger partial charge in [0.1, 0.15) is 11.6 Å². The number of rotatable bonds is 9. The minimum atomic E-state index is -5.00. The first-order valence-corrected chi connectivity index (χ1v) is 14.4. The average molecular weight is 634 g/mol. The third kappa shape index (κ3) is 7.49. The van der Waals surface area contributed by atoms with Crippen molar-refractivity contribution in [3.63, 3.8) is 0 Å². The second-order valence-corrected chi connectivity index (χ2v) is 10.7. The molecule has 3 heterocycles. The van der Waals surface area contributed by atoms with Gasteiger partial charge in [-0.2, -0.15) is 4.98 Å². The molecule has 3 aromatic carbocycles. The number of hydrogen-bond donors (Lipinski definition) is 1. The third-order valence-electron chi connectivity index (χ3n) is 7.33. The van der Waals surface area contributed by atoms with Gasteiger partial charge in [0.05, 0.1) is 18.9 Å². The number of ether oxygens (including phenoxy) is 2. The highest BCUT2D eigenvalue weighted by Crippen LogP contribution is 2.33. The summed E-state index contributed by atoms with van der Waals surface area (Å²) in [5.74, 6) is -1.35. The number of anilines is 2. The maximum absolute atomic E-state index is 13.3. The van der Waals surface area contributed by atoms with E-state index in [1.807, 2.05) is 30.3 Å². The normalized spacial score (nSPS) is 13.5. The third-order valence-corrected chi connectivity index (χ3v) is 7.33. The van der Waals surface area contributed by atoms with E-state index in [1.165, 1.54) is 33.7 Å². The van der Waals surface area contributed by atoms with Crippen LogP contribution in [-0.4, -0.2) is 63.9 Å². The van der Waals surface area contributed by atoms with E-state index in [1.54, 1.807) is 24.4 Å². The number of nitrogens with one attached hydrogen (secondary N) is 1. The number of Topliss-reactive ketones (excluding diaryl/α,β-unsaturated/α-hetero) is 1. The summed E-state index contributed by atoms with van der Waals surface area (Å²) in [6, 6.07) is 20.6. The Bertz CT molecular complexity index is 1870. The summed E-state index contributed by atoms with van der Waals surface area (Å²) in [6.45, 7) is 1.38. The molecule has 1 amide bonds. The van der Waals surface area contributed by atoms with Gasteiger partial charge in [0, 0.05) is 43.3 Å². The fraction of sp³-hybridized carbons (Fsp3) is 0.212. The second-order valence-electron chi connectivity index (χ2n) is 10.7. The zero-order valence-corrected chi connectivity index (χ0v) is 24.3. The fourth-order valence-electron chi connectivity index (χ4n) is 5.08. The van der Waals surface area contributed by atoms with Crippen LogP contribution in [0.5, 0.6) is 5.75 Å². The van der Waals surface area contributed by atoms with Gasteiger partial charge in [0.15, 0.2) is 11.4 Å². The van der Waals surface area contributed by atoms with E-state index in [2.05, 4.69) is 20.1 Å². The number of morpholine rings is 1. The standard InChI is InChI=1S/C33H27F4N5O4/c34-26-9-3-22(4-10-26)18-27(43)17-21-1-5-23(6-2-21)25-8-12-30-39-32(40-42(30)20-25)38-28-11-7-24(19-29(28)46-33(35,36)37)31(44)41-13-15-45-16-14-41/h1-12,19-20H,13-18H2,(H,38,40). The van der Waals surface area contributed by atoms with Gasteiger partial charge in [-0.05, 0) is 59.2 Å². The number of fused-ring (bicyclic) bond motifs is 1. The first kappa shape index (κ1) is 30.7. The molecule has 1 aliphatic rings. The summed E-state index contributed by atoms with van der Waals surface area (Å²) >= 11 is 0. The van der Waals surface area contributed by atoms with Crippen LogP contribution in [0.1, 0.15) is 21.5 Å². The largest absolute Gasteiger partial charge is 0.573 e. The number of carbonyl (C=O) groups excluding carboxylic acids is 2. The minimum Gasteiger partial charge on any atom is -0.404 e. The van der Waals surface area contributed by atoms with Crippen LogP contribution in [0.4, 0.5) is 29.2 Å². The van der Waals surface area contributed by atoms with Gasteiger partial charge in [-0.15, -0.1) is 18.3 Å². The Morgan fingerprint density at radius 1 is 0.870 bits per heavy atom. The summed E-state index contributed by atoms with van der Waals surface area (Å²) in [7, 11) is 0. The SMILES string of the molecule is O=C(Cc1ccc(F)cc1)Cc1ccc(-c2ccc3nc(Nc4ccc(C(=O)N5CCOCC5)cc4OC(F)(F)F)nn3c2)cc1. The summed E-state index contributed by atoms with van der Waals surface area (Å²) < 4.78 is 63.9. The Kier molecular flexibility index (Phi) is 8.66. The molecule has 1 aliphatic heterocycles. The van der Waals surface area contributed by atoms with E-state index in [-0.39, 0.29) is 41.6 Å². The van der Waals surface area contributed by atoms with E-state index in [0.717, 1.165) is 28.3 Å². The van der Waals surface area contributed by atoms with Crippen LogP contribution in [0.2, 0.25) is 0 Å². The average Bonchev–Trinajstić information content (AvgIpc) is 3.44. The highest BCUT2D eigenvalue weighted by molar-refractivity contribution is 5.95. The molecule has 1 saturated heterocycles. The quantitative estimate of drug-likeness (QED) is 0.199. The van der Waals surface area contributed by atoms with Crippen LogP contribution in [0.15, 0.2) is 85.1 Å². The van der Waals surface area contributed by atoms with E-state index in [4.69, 9.17) is 4.74 Å². The molecule has 5 aromatic rings. The number of hydrogen-bond acceptors (Lipinski definition) is 7. The summed E-state index contributed by atoms with van der Waals surface area (Å²) in [5.41, 5.74) is 3.63. The predicted molar refractivity (Wildman–Crippen MR) is 160 cm³/mol. The van der Waals surface area contributed by atoms with Gasteiger partial charge < -0.3 is 19.7 Å². The maximum atomic E-state index is 13.3. The number of amides is 1. The highest BCUT2D eigenvalue weighted by atomic mass is 19.4. The van der Waals surface area contributed by atoms with E-state index >= 15 is 0 Å². The Balaban J connectivity index is 1.16. The molecule has 2 aromatic heterocycles. The maximum Gasteiger partial charge on any atom is 0.573 e. The number of carbonyl (C=O) groups is 2. The molecule has 0 unspecified atom stereocenters. The first-order chi connectivity index (χ1) is 22.1. The molecular formula is C33H27F4N5O4. The molecule has 0 radical (unpaired) electrons. The molecule has 0 spiro atoms. The molecule has 6 rings (SSSR count). The molecule has 236 valence electrons. The molecule has 0 atom stereocenters. The van der Waals surface area contributed by atoms with Crippen LogP contribution >= 0.6 is 0 Å². The number of aromatic nitrogens is 3. The topological polar surface area (TPSA) is 98.1 Å². The molecule has 1 N–H and O–H groups in total. The lowest BCUT2D eigenvalue weighted by molar-refractivity contribution is -0.274. The van der Waals surface area contributed by atoms with Gasteiger partial charge in [0.2, 0.25) is 5.95 Å². The van der Waals surface area contributed by atoms with Gasteiger partial charge in [0.25, 0.3) is 5.91 Å². The van der Waals surface area contributed by atoms with E-state index in [9.17, 15) is 27.2 Å². The van der Waals surface area contributed by atoms with Crippen molar-refractivity contribution in [1.29, 1.82) is 0 Å². The molecule has 0 aliphatic carbocycles. The number of benzene rings is 3. The van der Waals surface area contributed by atoms with Gasteiger partial charge >= 0.3 is 6.36 Å². The summed E-state index contributed by atoms with van der Waals surface area (Å²) in [4.78, 5) is 31.2. The van der Waals surface area contributed by atoms with Gasteiger partial charge in [-0.25, -0.2) is 8.91 Å². The van der Waals surface area contributed by atoms with Crippen LogP contribution in [0.25, 0.3) is 16.8 Å². The minimum absolute atomic E-state index is 0.00514. The van der Waals surface area contributed by atoms with Crippen molar-refractivity contribution in [1.82, 2.24) is 19.5 Å². The predicted octanol–water partition coefficient (Wildman–Crippen LogP) is 6.00. The summed E-state index contributed by atoms with van der Waals surface area (Å²) in [5, 5.41) is 7.14. The van der Waals surface area contributed by atoms with Crippen LogP contribution < -0.4 is 10.1 Å².